The van der Waals surface area contributed by atoms with Crippen molar-refractivity contribution >= 4 is 11.9 Å². The normalized spacial score (nSPS) is 8.74. The third-order valence-electron chi connectivity index (χ3n) is 1.38. The minimum Gasteiger partial charge on any atom is -0.460 e. The first kappa shape index (κ1) is 19.6. The van der Waals surface area contributed by atoms with Crippen LogP contribution in [0.4, 0.5) is 0 Å². The molecule has 0 saturated heterocycles. The van der Waals surface area contributed by atoms with Gasteiger partial charge in [-0.2, -0.15) is 0 Å². The van der Waals surface area contributed by atoms with Crippen LogP contribution in [0, 0.1) is 0 Å². The van der Waals surface area contributed by atoms with E-state index in [4.69, 9.17) is 14.9 Å². The summed E-state index contributed by atoms with van der Waals surface area (Å²) in [5, 5.41) is 16.4. The lowest BCUT2D eigenvalue weighted by Crippen LogP contribution is -2.09. The summed E-state index contributed by atoms with van der Waals surface area (Å²) in [5.74, 6) is -0.961. The van der Waals surface area contributed by atoms with Crippen molar-refractivity contribution in [3.05, 3.63) is 25.3 Å². The molecule has 0 aromatic carbocycles. The van der Waals surface area contributed by atoms with Crippen LogP contribution >= 0.6 is 0 Å². The largest absolute Gasteiger partial charge is 0.460 e. The molecule has 0 aliphatic heterocycles. The highest BCUT2D eigenvalue weighted by atomic mass is 16.6. The highest BCUT2D eigenvalue weighted by Gasteiger charge is 1.93. The van der Waals surface area contributed by atoms with Gasteiger partial charge < -0.3 is 24.4 Å². The molecule has 0 aromatic rings. The van der Waals surface area contributed by atoms with E-state index in [1.807, 2.05) is 0 Å². The molecule has 0 fully saturated rings. The molecule has 0 amide bonds. The van der Waals surface area contributed by atoms with E-state index in [1.165, 1.54) is 0 Å². The minimum absolute atomic E-state index is 0.0184. The van der Waals surface area contributed by atoms with Crippen LogP contribution < -0.4 is 0 Å². The van der Waals surface area contributed by atoms with Crippen LogP contribution in [0.3, 0.4) is 0 Å². The maximum absolute atomic E-state index is 10.4. The molecule has 19 heavy (non-hydrogen) atoms. The summed E-state index contributed by atoms with van der Waals surface area (Å²) in [6, 6.07) is 0. The fourth-order valence-electron chi connectivity index (χ4n) is 0.632. The van der Waals surface area contributed by atoms with Crippen LogP contribution in [-0.4, -0.2) is 61.8 Å². The second kappa shape index (κ2) is 16.3. The molecule has 0 saturated carbocycles. The Morgan fingerprint density at radius 2 is 1.32 bits per heavy atom. The molecule has 2 N–H and O–H groups in total. The summed E-state index contributed by atoms with van der Waals surface area (Å²) in [7, 11) is 0. The topological polar surface area (TPSA) is 102 Å². The monoisotopic (exact) mass is 276 g/mol. The lowest BCUT2D eigenvalue weighted by Gasteiger charge is -2.01. The molecule has 7 nitrogen and oxygen atoms in total. The van der Waals surface area contributed by atoms with Gasteiger partial charge in [0.25, 0.3) is 0 Å². The molecule has 0 rings (SSSR count). The maximum atomic E-state index is 10.4. The van der Waals surface area contributed by atoms with Gasteiger partial charge in [-0.3, -0.25) is 0 Å². The Morgan fingerprint density at radius 3 is 1.74 bits per heavy atom. The van der Waals surface area contributed by atoms with E-state index in [9.17, 15) is 9.59 Å². The van der Waals surface area contributed by atoms with Gasteiger partial charge in [0.1, 0.15) is 13.2 Å². The van der Waals surface area contributed by atoms with Crippen LogP contribution in [0.1, 0.15) is 0 Å². The van der Waals surface area contributed by atoms with Gasteiger partial charge in [-0.1, -0.05) is 13.2 Å². The standard InChI is InChI=1S/C7H12O4.C5H8O3/c1-2-7(9)11-6-5-10-4-3-8;1-2-5(7)8-4-3-6/h2,8H,1,3-6H2;2,6H,1,3-4H2. The molecular weight excluding hydrogens is 256 g/mol. The Labute approximate surface area is 112 Å². The van der Waals surface area contributed by atoms with Gasteiger partial charge in [-0.25, -0.2) is 9.59 Å². The number of carbonyl (C=O) groups is 2. The lowest BCUT2D eigenvalue weighted by molar-refractivity contribution is -0.139. The van der Waals surface area contributed by atoms with Crippen molar-refractivity contribution in [2.24, 2.45) is 0 Å². The Balaban J connectivity index is 0. The molecule has 0 bridgehead atoms. The highest BCUT2D eigenvalue weighted by molar-refractivity contribution is 5.81. The average molecular weight is 276 g/mol. The smallest absolute Gasteiger partial charge is 0.330 e. The van der Waals surface area contributed by atoms with Gasteiger partial charge >= 0.3 is 11.9 Å². The number of hydrogen-bond donors (Lipinski definition) is 2. The van der Waals surface area contributed by atoms with Crippen molar-refractivity contribution in [3.63, 3.8) is 0 Å². The first-order chi connectivity index (χ1) is 9.12. The van der Waals surface area contributed by atoms with Crippen LogP contribution in [0.25, 0.3) is 0 Å². The van der Waals surface area contributed by atoms with E-state index in [-0.39, 0.29) is 33.0 Å². The molecule has 0 heterocycles. The lowest BCUT2D eigenvalue weighted by atomic mass is 10.6. The third kappa shape index (κ3) is 18.8. The second-order valence-corrected chi connectivity index (χ2v) is 2.80. The minimum atomic E-state index is -0.501. The first-order valence-electron chi connectivity index (χ1n) is 5.50. The molecule has 0 aromatic heterocycles. The van der Waals surface area contributed by atoms with Gasteiger partial charge in [0.2, 0.25) is 0 Å². The number of aliphatic hydroxyl groups excluding tert-OH is 2. The fourth-order valence-corrected chi connectivity index (χ4v) is 0.632. The number of rotatable bonds is 9. The van der Waals surface area contributed by atoms with Crippen molar-refractivity contribution < 1.29 is 34.0 Å². The van der Waals surface area contributed by atoms with E-state index < -0.39 is 11.9 Å². The van der Waals surface area contributed by atoms with Gasteiger partial charge in [0, 0.05) is 12.2 Å². The predicted molar refractivity (Wildman–Crippen MR) is 67.3 cm³/mol. The molecule has 0 aliphatic carbocycles. The van der Waals surface area contributed by atoms with E-state index in [2.05, 4.69) is 22.6 Å². The van der Waals surface area contributed by atoms with Crippen molar-refractivity contribution in [1.29, 1.82) is 0 Å². The van der Waals surface area contributed by atoms with Crippen LogP contribution in [0.2, 0.25) is 0 Å². The number of esters is 2. The zero-order valence-corrected chi connectivity index (χ0v) is 10.7. The van der Waals surface area contributed by atoms with Gasteiger partial charge in [-0.05, 0) is 0 Å². The molecule has 0 radical (unpaired) electrons. The Hall–Kier alpha value is -1.70. The summed E-state index contributed by atoms with van der Waals surface area (Å²) in [4.78, 5) is 20.5. The molecule has 0 aliphatic rings. The summed E-state index contributed by atoms with van der Waals surface area (Å²) in [5.41, 5.74) is 0. The van der Waals surface area contributed by atoms with Crippen molar-refractivity contribution in [3.8, 4) is 0 Å². The molecule has 0 spiro atoms. The van der Waals surface area contributed by atoms with Crippen molar-refractivity contribution in [2.75, 3.05) is 39.6 Å². The summed E-state index contributed by atoms with van der Waals surface area (Å²) < 4.78 is 13.7. The van der Waals surface area contributed by atoms with Crippen LogP contribution in [-0.2, 0) is 23.8 Å². The number of carbonyl (C=O) groups excluding carboxylic acids is 2. The second-order valence-electron chi connectivity index (χ2n) is 2.80. The Kier molecular flexibility index (Phi) is 16.8. The predicted octanol–water partition coefficient (Wildman–Crippen LogP) is -0.568. The molecule has 0 atom stereocenters. The summed E-state index contributed by atoms with van der Waals surface area (Å²) in [6.45, 7) is 7.04. The third-order valence-corrected chi connectivity index (χ3v) is 1.38. The molecule has 7 heteroatoms. The van der Waals surface area contributed by atoms with E-state index >= 15 is 0 Å². The quantitative estimate of drug-likeness (QED) is 0.330. The first-order valence-corrected chi connectivity index (χ1v) is 5.50. The zero-order valence-electron chi connectivity index (χ0n) is 10.7. The Bertz CT molecular complexity index is 263. The van der Waals surface area contributed by atoms with E-state index in [0.717, 1.165) is 12.2 Å². The fraction of sp³-hybridized carbons (Fsp3) is 0.500. The van der Waals surface area contributed by atoms with Gasteiger partial charge in [0.05, 0.1) is 26.4 Å². The number of aliphatic hydroxyl groups is 2. The maximum Gasteiger partial charge on any atom is 0.330 e. The number of ether oxygens (including phenoxy) is 3. The molecular formula is C12H20O7. The van der Waals surface area contributed by atoms with Crippen LogP contribution in [0.15, 0.2) is 25.3 Å². The van der Waals surface area contributed by atoms with E-state index in [1.54, 1.807) is 0 Å². The van der Waals surface area contributed by atoms with Gasteiger partial charge in [0.15, 0.2) is 0 Å². The van der Waals surface area contributed by atoms with E-state index in [0.29, 0.717) is 6.61 Å². The van der Waals surface area contributed by atoms with Gasteiger partial charge in [-0.15, -0.1) is 0 Å². The SMILES string of the molecule is C=CC(=O)OCCO.C=CC(=O)OCCOCCO. The highest BCUT2D eigenvalue weighted by Crippen LogP contribution is 1.80. The van der Waals surface area contributed by atoms with Crippen molar-refractivity contribution in [1.82, 2.24) is 0 Å². The molecule has 0 unspecified atom stereocenters. The summed E-state index contributed by atoms with van der Waals surface area (Å²) in [6.07, 6.45) is 2.14. The summed E-state index contributed by atoms with van der Waals surface area (Å²) >= 11 is 0. The Morgan fingerprint density at radius 1 is 0.842 bits per heavy atom. The average Bonchev–Trinajstić information content (AvgIpc) is 2.44. The van der Waals surface area contributed by atoms with Crippen LogP contribution in [0.5, 0.6) is 0 Å². The van der Waals surface area contributed by atoms with Crippen molar-refractivity contribution in [2.45, 2.75) is 0 Å². The molecule has 110 valence electrons. The zero-order chi connectivity index (χ0) is 14.9. The number of hydrogen-bond acceptors (Lipinski definition) is 7.